The van der Waals surface area contributed by atoms with Crippen molar-refractivity contribution in [2.75, 3.05) is 18.5 Å². The van der Waals surface area contributed by atoms with Gasteiger partial charge in [0.05, 0.1) is 11.1 Å². The number of hydrogen-bond acceptors (Lipinski definition) is 4. The highest BCUT2D eigenvalue weighted by atomic mass is 35.5. The van der Waals surface area contributed by atoms with Crippen LogP contribution in [0.2, 0.25) is 5.02 Å². The third-order valence-electron chi connectivity index (χ3n) is 7.92. The summed E-state index contributed by atoms with van der Waals surface area (Å²) in [5.74, 6) is -0.0830. The lowest BCUT2D eigenvalue weighted by atomic mass is 9.83. The smallest absolute Gasteiger partial charge is 0.312 e. The van der Waals surface area contributed by atoms with E-state index < -0.39 is 11.4 Å². The fourth-order valence-electron chi connectivity index (χ4n) is 5.69. The van der Waals surface area contributed by atoms with Crippen molar-refractivity contribution >= 4 is 41.3 Å². The first-order chi connectivity index (χ1) is 15.8. The number of rotatable bonds is 5. The fourth-order valence-corrected chi connectivity index (χ4v) is 7.05. The molecule has 1 atom stereocenters. The van der Waals surface area contributed by atoms with Crippen molar-refractivity contribution in [3.63, 3.8) is 0 Å². The highest BCUT2D eigenvalue weighted by Crippen LogP contribution is 2.45. The molecule has 0 bridgehead atoms. The monoisotopic (exact) mass is 490 g/mol. The van der Waals surface area contributed by atoms with Gasteiger partial charge >= 0.3 is 5.97 Å². The zero-order chi connectivity index (χ0) is 23.6. The third kappa shape index (κ3) is 5.74. The quantitative estimate of drug-likeness (QED) is 0.432. The topological polar surface area (TPSA) is 43.8 Å². The van der Waals surface area contributed by atoms with Gasteiger partial charge in [0, 0.05) is 28.5 Å². The molecule has 182 valence electrons. The Bertz CT molecular complexity index is 875. The maximum atomic E-state index is 11.6. The number of aliphatic carboxylic acids is 1. The number of benzene rings is 1. The van der Waals surface area contributed by atoms with Crippen LogP contribution < -0.4 is 4.90 Å². The summed E-state index contributed by atoms with van der Waals surface area (Å²) < 4.78 is 2.50. The first kappa shape index (κ1) is 24.9. The second-order valence-corrected chi connectivity index (χ2v) is 12.4. The summed E-state index contributed by atoms with van der Waals surface area (Å²) in [6, 6.07) is 5.43. The van der Waals surface area contributed by atoms with Gasteiger partial charge in [-0.3, -0.25) is 4.79 Å². The van der Waals surface area contributed by atoms with E-state index in [1.165, 1.54) is 74.8 Å². The zero-order valence-electron chi connectivity index (χ0n) is 20.4. The van der Waals surface area contributed by atoms with E-state index in [2.05, 4.69) is 28.4 Å². The van der Waals surface area contributed by atoms with Gasteiger partial charge in [-0.2, -0.15) is 0 Å². The van der Waals surface area contributed by atoms with Crippen LogP contribution in [0.3, 0.4) is 0 Å². The van der Waals surface area contributed by atoms with E-state index >= 15 is 0 Å². The van der Waals surface area contributed by atoms with E-state index in [9.17, 15) is 9.90 Å². The molecule has 4 nitrogen and oxygen atoms in total. The number of nitrogens with zero attached hydrogens (tertiary/aromatic N) is 2. The van der Waals surface area contributed by atoms with Crippen LogP contribution in [0.5, 0.6) is 0 Å². The van der Waals surface area contributed by atoms with Crippen LogP contribution in [-0.2, 0) is 4.79 Å². The van der Waals surface area contributed by atoms with Crippen molar-refractivity contribution in [3.05, 3.63) is 28.8 Å². The Labute approximate surface area is 208 Å². The van der Waals surface area contributed by atoms with Crippen LogP contribution in [-0.4, -0.2) is 41.1 Å². The number of carboxylic acid groups (broad SMARTS) is 1. The molecular weight excluding hydrogens is 452 g/mol. The van der Waals surface area contributed by atoms with E-state index in [1.807, 2.05) is 18.0 Å². The minimum atomic E-state index is -0.930. The van der Waals surface area contributed by atoms with Gasteiger partial charge in [0.2, 0.25) is 0 Å². The van der Waals surface area contributed by atoms with Crippen LogP contribution in [0.1, 0.15) is 83.6 Å². The van der Waals surface area contributed by atoms with E-state index in [4.69, 9.17) is 11.6 Å². The average Bonchev–Trinajstić information content (AvgIpc) is 2.94. The van der Waals surface area contributed by atoms with Gasteiger partial charge in [-0.1, -0.05) is 62.3 Å². The molecule has 2 aliphatic carbocycles. The summed E-state index contributed by atoms with van der Waals surface area (Å²) in [7, 11) is 2.26. The molecule has 1 heterocycles. The SMILES string of the molecule is CN1Sc2cc(/C=C/C(C)(C)C(=O)O)c(Cl)cc2N(C2CCCCC2)C[C@H]1C1CCCCC1. The predicted octanol–water partition coefficient (Wildman–Crippen LogP) is 7.50. The molecule has 33 heavy (non-hydrogen) atoms. The van der Waals surface area contributed by atoms with E-state index in [0.717, 1.165) is 18.0 Å². The van der Waals surface area contributed by atoms with Crippen LogP contribution >= 0.6 is 23.5 Å². The zero-order valence-corrected chi connectivity index (χ0v) is 21.9. The molecule has 3 aliphatic rings. The molecule has 1 aliphatic heterocycles. The standard InChI is InChI=1S/C27H39ClN2O2S/c1-27(2,26(31)32)15-14-20-16-25-23(17-22(20)28)30(21-12-8-5-9-13-21)18-24(29(3)33-25)19-10-6-4-7-11-19/h14-17,19,21,24H,4-13,18H2,1-3H3,(H,31,32)/b15-14+/t24-/m0/s1. The predicted molar refractivity (Wildman–Crippen MR) is 140 cm³/mol. The molecular formula is C27H39ClN2O2S. The van der Waals surface area contributed by atoms with Gasteiger partial charge in [0.1, 0.15) is 0 Å². The van der Waals surface area contributed by atoms with E-state index in [0.29, 0.717) is 17.1 Å². The number of halogens is 1. The van der Waals surface area contributed by atoms with Crippen molar-refractivity contribution in [2.45, 2.75) is 95.0 Å². The summed E-state index contributed by atoms with van der Waals surface area (Å²) in [6.07, 6.45) is 16.9. The molecule has 1 aromatic rings. The molecule has 4 rings (SSSR count). The molecule has 0 radical (unpaired) electrons. The van der Waals surface area contributed by atoms with Crippen LogP contribution in [0.15, 0.2) is 23.1 Å². The molecule has 1 aromatic carbocycles. The van der Waals surface area contributed by atoms with Gasteiger partial charge in [-0.05, 0) is 82.1 Å². The van der Waals surface area contributed by atoms with Crippen LogP contribution in [0.4, 0.5) is 5.69 Å². The Morgan fingerprint density at radius 3 is 2.36 bits per heavy atom. The molecule has 2 saturated carbocycles. The Kier molecular flexibility index (Phi) is 8.02. The number of fused-ring (bicyclic) bond motifs is 1. The Morgan fingerprint density at radius 2 is 1.73 bits per heavy atom. The molecule has 1 N–H and O–H groups in total. The minimum absolute atomic E-state index is 0.535. The largest absolute Gasteiger partial charge is 0.481 e. The van der Waals surface area contributed by atoms with Crippen LogP contribution in [0, 0.1) is 11.3 Å². The van der Waals surface area contributed by atoms with Crippen LogP contribution in [0.25, 0.3) is 6.08 Å². The van der Waals surface area contributed by atoms with E-state index in [-0.39, 0.29) is 0 Å². The first-order valence-electron chi connectivity index (χ1n) is 12.7. The number of hydrogen-bond donors (Lipinski definition) is 1. The van der Waals surface area contributed by atoms with Crippen molar-refractivity contribution in [2.24, 2.45) is 11.3 Å². The maximum Gasteiger partial charge on any atom is 0.312 e. The Morgan fingerprint density at radius 1 is 1.09 bits per heavy atom. The first-order valence-corrected chi connectivity index (χ1v) is 13.8. The molecule has 0 amide bonds. The summed E-state index contributed by atoms with van der Waals surface area (Å²) in [5, 5.41) is 10.2. The van der Waals surface area contributed by atoms with E-state index in [1.54, 1.807) is 19.9 Å². The summed E-state index contributed by atoms with van der Waals surface area (Å²) in [4.78, 5) is 15.5. The highest BCUT2D eigenvalue weighted by Gasteiger charge is 2.36. The lowest BCUT2D eigenvalue weighted by Gasteiger charge is -2.41. The number of carbonyl (C=O) groups is 1. The molecule has 2 fully saturated rings. The van der Waals surface area contributed by atoms with Gasteiger partial charge in [-0.15, -0.1) is 0 Å². The van der Waals surface area contributed by atoms with Gasteiger partial charge in [-0.25, -0.2) is 4.31 Å². The second kappa shape index (κ2) is 10.6. The Hall–Kier alpha value is -1.17. The normalized spacial score (nSPS) is 24.1. The minimum Gasteiger partial charge on any atom is -0.481 e. The fraction of sp³-hybridized carbons (Fsp3) is 0.667. The second-order valence-electron chi connectivity index (χ2n) is 10.7. The maximum absolute atomic E-state index is 11.6. The summed E-state index contributed by atoms with van der Waals surface area (Å²) in [6.45, 7) is 4.50. The molecule has 0 spiro atoms. The van der Waals surface area contributed by atoms with Gasteiger partial charge in [0.25, 0.3) is 0 Å². The number of anilines is 1. The molecule has 0 aromatic heterocycles. The lowest BCUT2D eigenvalue weighted by molar-refractivity contribution is -0.144. The Balaban J connectivity index is 1.70. The van der Waals surface area contributed by atoms with Gasteiger partial charge in [0.15, 0.2) is 0 Å². The lowest BCUT2D eigenvalue weighted by Crippen LogP contribution is -2.47. The van der Waals surface area contributed by atoms with Crippen molar-refractivity contribution in [1.29, 1.82) is 0 Å². The van der Waals surface area contributed by atoms with Crippen molar-refractivity contribution in [1.82, 2.24) is 4.31 Å². The summed E-state index contributed by atoms with van der Waals surface area (Å²) >= 11 is 8.65. The average molecular weight is 491 g/mol. The molecule has 6 heteroatoms. The molecule has 0 unspecified atom stereocenters. The third-order valence-corrected chi connectivity index (χ3v) is 9.33. The van der Waals surface area contributed by atoms with Gasteiger partial charge < -0.3 is 10.0 Å². The highest BCUT2D eigenvalue weighted by molar-refractivity contribution is 7.97. The molecule has 0 saturated heterocycles. The summed E-state index contributed by atoms with van der Waals surface area (Å²) in [5.41, 5.74) is 1.22. The van der Waals surface area contributed by atoms with Crippen molar-refractivity contribution < 1.29 is 9.90 Å². The number of likely N-dealkylation sites (N-methyl/N-ethyl adjacent to an activating group) is 1. The number of carboxylic acids is 1. The van der Waals surface area contributed by atoms with Crippen molar-refractivity contribution in [3.8, 4) is 0 Å².